The summed E-state index contributed by atoms with van der Waals surface area (Å²) in [6, 6.07) is 9.48. The molecule has 0 aliphatic carbocycles. The highest BCUT2D eigenvalue weighted by Crippen LogP contribution is 2.30. The smallest absolute Gasteiger partial charge is 0.392 e. The zero-order valence-electron chi connectivity index (χ0n) is 13.6. The number of nitrogens with one attached hydrogen (secondary N) is 1. The second kappa shape index (κ2) is 6.72. The van der Waals surface area contributed by atoms with Crippen LogP contribution in [0.15, 0.2) is 47.3 Å². The molecular formula is C18H14F3N3O2. The Hall–Kier alpha value is -3.00. The summed E-state index contributed by atoms with van der Waals surface area (Å²) in [7, 11) is 0. The van der Waals surface area contributed by atoms with Crippen molar-refractivity contribution >= 4 is 0 Å². The van der Waals surface area contributed by atoms with Crippen molar-refractivity contribution < 1.29 is 18.3 Å². The molecule has 0 saturated carbocycles. The molecule has 1 heterocycles. The van der Waals surface area contributed by atoms with E-state index in [2.05, 4.69) is 15.0 Å². The minimum Gasteiger partial charge on any atom is -0.392 e. The van der Waals surface area contributed by atoms with Crippen LogP contribution in [-0.4, -0.2) is 20.1 Å². The predicted molar refractivity (Wildman–Crippen MR) is 89.2 cm³/mol. The third-order valence-electron chi connectivity index (χ3n) is 3.86. The highest BCUT2D eigenvalue weighted by Gasteiger charge is 2.30. The Labute approximate surface area is 146 Å². The molecule has 0 amide bonds. The maximum Gasteiger partial charge on any atom is 0.416 e. The van der Waals surface area contributed by atoms with Gasteiger partial charge in [0.15, 0.2) is 5.82 Å². The number of nitrogens with zero attached hydrogens (tertiary/aromatic N) is 2. The lowest BCUT2D eigenvalue weighted by Crippen LogP contribution is -2.15. The second-order valence-corrected chi connectivity index (χ2v) is 5.71. The zero-order valence-corrected chi connectivity index (χ0v) is 13.6. The van der Waals surface area contributed by atoms with Crippen molar-refractivity contribution in [1.29, 1.82) is 0 Å². The number of halogens is 3. The molecule has 0 saturated heterocycles. The van der Waals surface area contributed by atoms with Gasteiger partial charge in [-0.3, -0.25) is 4.98 Å². The van der Waals surface area contributed by atoms with E-state index in [4.69, 9.17) is 0 Å². The Morgan fingerprint density at radius 2 is 1.77 bits per heavy atom. The summed E-state index contributed by atoms with van der Waals surface area (Å²) in [6.45, 7) is 1.64. The molecule has 0 aliphatic rings. The summed E-state index contributed by atoms with van der Waals surface area (Å²) >= 11 is 0. The number of aryl methyl sites for hydroxylation is 1. The van der Waals surface area contributed by atoms with Crippen molar-refractivity contribution in [2.45, 2.75) is 19.7 Å². The molecule has 134 valence electrons. The van der Waals surface area contributed by atoms with Crippen LogP contribution in [0.4, 0.5) is 13.2 Å². The monoisotopic (exact) mass is 361 g/mol. The lowest BCUT2D eigenvalue weighted by molar-refractivity contribution is -0.137. The minimum atomic E-state index is -4.44. The topological polar surface area (TPSA) is 78.9 Å². The molecule has 0 spiro atoms. The molecule has 0 bridgehead atoms. The van der Waals surface area contributed by atoms with Crippen molar-refractivity contribution in [2.24, 2.45) is 0 Å². The van der Waals surface area contributed by atoms with Crippen molar-refractivity contribution in [2.75, 3.05) is 0 Å². The van der Waals surface area contributed by atoms with Gasteiger partial charge in [-0.2, -0.15) is 18.2 Å². The molecule has 0 unspecified atom stereocenters. The van der Waals surface area contributed by atoms with Gasteiger partial charge in [0.25, 0.3) is 0 Å². The number of aliphatic hydroxyl groups excluding tert-OH is 1. The number of hydrogen-bond acceptors (Lipinski definition) is 4. The van der Waals surface area contributed by atoms with Crippen molar-refractivity contribution in [3.05, 3.63) is 69.6 Å². The third kappa shape index (κ3) is 3.65. The Kier molecular flexibility index (Phi) is 4.60. The van der Waals surface area contributed by atoms with E-state index < -0.39 is 17.4 Å². The standard InChI is InChI=1S/C18H14F3N3O2/c1-10-2-3-11(9-25)8-14(10)16-22-15(23-17(26)24-16)12-4-6-13(7-5-12)18(19,20)21/h2-8,25H,9H2,1H3,(H,22,23,24,26). The molecule has 8 heteroatoms. The van der Waals surface area contributed by atoms with E-state index in [9.17, 15) is 23.1 Å². The van der Waals surface area contributed by atoms with Crippen LogP contribution in [0.3, 0.4) is 0 Å². The maximum atomic E-state index is 12.7. The highest BCUT2D eigenvalue weighted by molar-refractivity contribution is 5.64. The number of alkyl halides is 3. The Morgan fingerprint density at radius 3 is 2.38 bits per heavy atom. The van der Waals surface area contributed by atoms with E-state index in [1.165, 1.54) is 12.1 Å². The average molecular weight is 361 g/mol. The first kappa shape index (κ1) is 17.8. The normalized spacial score (nSPS) is 11.6. The van der Waals surface area contributed by atoms with Gasteiger partial charge in [-0.25, -0.2) is 9.78 Å². The number of H-pyrrole nitrogens is 1. The van der Waals surface area contributed by atoms with E-state index in [1.54, 1.807) is 18.2 Å². The first-order valence-corrected chi connectivity index (χ1v) is 7.64. The zero-order chi connectivity index (χ0) is 18.9. The highest BCUT2D eigenvalue weighted by atomic mass is 19.4. The van der Waals surface area contributed by atoms with Crippen LogP contribution in [0.5, 0.6) is 0 Å². The van der Waals surface area contributed by atoms with E-state index >= 15 is 0 Å². The van der Waals surface area contributed by atoms with Gasteiger partial charge in [0.1, 0.15) is 5.82 Å². The van der Waals surface area contributed by atoms with Crippen LogP contribution in [0.1, 0.15) is 16.7 Å². The Bertz CT molecular complexity index is 996. The van der Waals surface area contributed by atoms with E-state index in [0.29, 0.717) is 16.7 Å². The van der Waals surface area contributed by atoms with E-state index in [-0.39, 0.29) is 18.3 Å². The fraction of sp³-hybridized carbons (Fsp3) is 0.167. The second-order valence-electron chi connectivity index (χ2n) is 5.71. The van der Waals surface area contributed by atoms with Gasteiger partial charge in [-0.05, 0) is 36.2 Å². The summed E-state index contributed by atoms with van der Waals surface area (Å²) in [5.74, 6) is 0.249. The van der Waals surface area contributed by atoms with Gasteiger partial charge in [0.05, 0.1) is 12.2 Å². The molecule has 2 N–H and O–H groups in total. The molecule has 0 aliphatic heterocycles. The molecule has 3 rings (SSSR count). The summed E-state index contributed by atoms with van der Waals surface area (Å²) in [5.41, 5.74) is 0.887. The first-order chi connectivity index (χ1) is 12.3. The largest absolute Gasteiger partial charge is 0.416 e. The van der Waals surface area contributed by atoms with Crippen molar-refractivity contribution in [3.8, 4) is 22.8 Å². The summed E-state index contributed by atoms with van der Waals surface area (Å²) in [4.78, 5) is 22.4. The first-order valence-electron chi connectivity index (χ1n) is 7.64. The van der Waals surface area contributed by atoms with Gasteiger partial charge < -0.3 is 5.11 Å². The van der Waals surface area contributed by atoms with Gasteiger partial charge in [0, 0.05) is 11.1 Å². The fourth-order valence-electron chi connectivity index (χ4n) is 2.47. The van der Waals surface area contributed by atoms with Crippen molar-refractivity contribution in [1.82, 2.24) is 15.0 Å². The summed E-state index contributed by atoms with van der Waals surface area (Å²) in [6.07, 6.45) is -4.44. The maximum absolute atomic E-state index is 12.7. The van der Waals surface area contributed by atoms with Gasteiger partial charge in [0.2, 0.25) is 0 Å². The van der Waals surface area contributed by atoms with Crippen LogP contribution < -0.4 is 5.69 Å². The number of rotatable bonds is 3. The Morgan fingerprint density at radius 1 is 1.08 bits per heavy atom. The van der Waals surface area contributed by atoms with Crippen LogP contribution in [0.2, 0.25) is 0 Å². The van der Waals surface area contributed by atoms with Crippen LogP contribution in [0.25, 0.3) is 22.8 Å². The van der Waals surface area contributed by atoms with Crippen molar-refractivity contribution in [3.63, 3.8) is 0 Å². The summed E-state index contributed by atoms with van der Waals surface area (Å²) in [5, 5.41) is 9.28. The average Bonchev–Trinajstić information content (AvgIpc) is 2.61. The SMILES string of the molecule is Cc1ccc(CO)cc1-c1nc(-c2ccc(C(F)(F)F)cc2)nc(=O)[nH]1. The third-order valence-corrected chi connectivity index (χ3v) is 3.86. The molecule has 1 aromatic heterocycles. The van der Waals surface area contributed by atoms with E-state index in [1.807, 2.05) is 6.92 Å². The molecule has 5 nitrogen and oxygen atoms in total. The lowest BCUT2D eigenvalue weighted by atomic mass is 10.0. The van der Waals surface area contributed by atoms with Gasteiger partial charge >= 0.3 is 11.9 Å². The molecular weight excluding hydrogens is 347 g/mol. The molecule has 0 radical (unpaired) electrons. The molecule has 26 heavy (non-hydrogen) atoms. The van der Waals surface area contributed by atoms with Gasteiger partial charge in [-0.15, -0.1) is 0 Å². The van der Waals surface area contributed by atoms with Crippen LogP contribution >= 0.6 is 0 Å². The molecule has 2 aromatic carbocycles. The van der Waals surface area contributed by atoms with Crippen LogP contribution in [0, 0.1) is 6.92 Å². The summed E-state index contributed by atoms with van der Waals surface area (Å²) < 4.78 is 38.0. The number of aliphatic hydroxyl groups is 1. The predicted octanol–water partition coefficient (Wildman–Crippen LogP) is 3.32. The fourth-order valence-corrected chi connectivity index (χ4v) is 2.47. The molecule has 0 fully saturated rings. The number of aromatic nitrogens is 3. The van der Waals surface area contributed by atoms with E-state index in [0.717, 1.165) is 17.7 Å². The lowest BCUT2D eigenvalue weighted by Gasteiger charge is -2.09. The Balaban J connectivity index is 2.08. The number of aromatic amines is 1. The quantitative estimate of drug-likeness (QED) is 0.750. The molecule has 3 aromatic rings. The van der Waals surface area contributed by atoms with Crippen LogP contribution in [-0.2, 0) is 12.8 Å². The van der Waals surface area contributed by atoms with Gasteiger partial charge in [-0.1, -0.05) is 24.3 Å². The number of benzene rings is 2. The molecule has 0 atom stereocenters. The minimum absolute atomic E-state index is 0.0197. The number of hydrogen-bond donors (Lipinski definition) is 2.